The van der Waals surface area contributed by atoms with Gasteiger partial charge in [-0.15, -0.1) is 0 Å². The van der Waals surface area contributed by atoms with Gasteiger partial charge in [-0.25, -0.2) is 0 Å². The molecule has 3 fully saturated rings. The van der Waals surface area contributed by atoms with E-state index in [-0.39, 0.29) is 17.5 Å². The van der Waals surface area contributed by atoms with Gasteiger partial charge in [-0.05, 0) is 57.3 Å². The predicted molar refractivity (Wildman–Crippen MR) is 80.4 cm³/mol. The van der Waals surface area contributed by atoms with Crippen molar-refractivity contribution in [1.29, 1.82) is 0 Å². The van der Waals surface area contributed by atoms with Crippen molar-refractivity contribution in [3.8, 4) is 0 Å². The molecule has 0 aromatic rings. The number of esters is 1. The van der Waals surface area contributed by atoms with Crippen LogP contribution in [0.15, 0.2) is 0 Å². The fourth-order valence-electron chi connectivity index (χ4n) is 4.95. The summed E-state index contributed by atoms with van der Waals surface area (Å²) in [6.45, 7) is 2.16. The number of rotatable bonds is 2. The average Bonchev–Trinajstić information content (AvgIpc) is 2.47. The van der Waals surface area contributed by atoms with Gasteiger partial charge in [0.05, 0.1) is 5.92 Å². The van der Waals surface area contributed by atoms with Crippen LogP contribution < -0.4 is 0 Å². The van der Waals surface area contributed by atoms with Crippen LogP contribution in [0.2, 0.25) is 0 Å². The molecule has 2 heteroatoms. The third-order valence-corrected chi connectivity index (χ3v) is 6.14. The standard InChI is InChI=1S/C18H30O2/c1-18(12-5-2-6-13-18)20-17(19)16-11-7-9-14-8-3-4-10-15(14)16/h14-16H,2-13H2,1H3. The van der Waals surface area contributed by atoms with Crippen molar-refractivity contribution in [2.45, 2.75) is 89.6 Å². The molecule has 3 unspecified atom stereocenters. The lowest BCUT2D eigenvalue weighted by Gasteiger charge is -2.42. The van der Waals surface area contributed by atoms with Gasteiger partial charge in [-0.2, -0.15) is 0 Å². The summed E-state index contributed by atoms with van der Waals surface area (Å²) in [5, 5.41) is 0. The first kappa shape index (κ1) is 14.4. The highest BCUT2D eigenvalue weighted by molar-refractivity contribution is 5.73. The monoisotopic (exact) mass is 278 g/mol. The molecule has 0 radical (unpaired) electrons. The van der Waals surface area contributed by atoms with E-state index in [1.165, 1.54) is 57.8 Å². The minimum atomic E-state index is -0.156. The van der Waals surface area contributed by atoms with Crippen LogP contribution in [0.25, 0.3) is 0 Å². The predicted octanol–water partition coefficient (Wildman–Crippen LogP) is 4.86. The second-order valence-corrected chi connectivity index (χ2v) is 7.68. The van der Waals surface area contributed by atoms with Gasteiger partial charge in [-0.3, -0.25) is 4.79 Å². The molecule has 2 nitrogen and oxygen atoms in total. The lowest BCUT2D eigenvalue weighted by Crippen LogP contribution is -2.41. The smallest absolute Gasteiger partial charge is 0.309 e. The summed E-state index contributed by atoms with van der Waals surface area (Å²) < 4.78 is 6.03. The molecule has 3 aliphatic carbocycles. The Bertz CT molecular complexity index is 341. The van der Waals surface area contributed by atoms with Crippen LogP contribution in [-0.2, 0) is 9.53 Å². The van der Waals surface area contributed by atoms with Gasteiger partial charge in [0.25, 0.3) is 0 Å². The lowest BCUT2D eigenvalue weighted by atomic mass is 9.65. The minimum Gasteiger partial charge on any atom is -0.459 e. The van der Waals surface area contributed by atoms with Crippen LogP contribution in [0.4, 0.5) is 0 Å². The molecular formula is C18H30O2. The zero-order chi connectivity index (χ0) is 14.0. The van der Waals surface area contributed by atoms with E-state index in [1.54, 1.807) is 0 Å². The van der Waals surface area contributed by atoms with E-state index in [0.717, 1.165) is 25.2 Å². The fourth-order valence-corrected chi connectivity index (χ4v) is 4.95. The van der Waals surface area contributed by atoms with Gasteiger partial charge in [0.2, 0.25) is 0 Å². The summed E-state index contributed by atoms with van der Waals surface area (Å²) >= 11 is 0. The van der Waals surface area contributed by atoms with Crippen LogP contribution in [0.5, 0.6) is 0 Å². The van der Waals surface area contributed by atoms with Crippen LogP contribution in [-0.4, -0.2) is 11.6 Å². The highest BCUT2D eigenvalue weighted by atomic mass is 16.6. The number of ether oxygens (including phenoxy) is 1. The number of carbonyl (C=O) groups is 1. The van der Waals surface area contributed by atoms with E-state index in [2.05, 4.69) is 6.92 Å². The maximum absolute atomic E-state index is 12.7. The number of carbonyl (C=O) groups excluding carboxylic acids is 1. The van der Waals surface area contributed by atoms with Crippen molar-refractivity contribution in [3.63, 3.8) is 0 Å². The quantitative estimate of drug-likeness (QED) is 0.674. The number of hydrogen-bond donors (Lipinski definition) is 0. The summed E-state index contributed by atoms with van der Waals surface area (Å²) in [6.07, 6.45) is 14.9. The topological polar surface area (TPSA) is 26.3 Å². The lowest BCUT2D eigenvalue weighted by molar-refractivity contribution is -0.171. The van der Waals surface area contributed by atoms with Crippen LogP contribution in [0, 0.1) is 17.8 Å². The van der Waals surface area contributed by atoms with Crippen LogP contribution in [0.1, 0.15) is 84.0 Å². The highest BCUT2D eigenvalue weighted by Gasteiger charge is 2.41. The molecular weight excluding hydrogens is 248 g/mol. The molecule has 0 heterocycles. The third-order valence-electron chi connectivity index (χ3n) is 6.14. The first-order valence-corrected chi connectivity index (χ1v) is 8.91. The van der Waals surface area contributed by atoms with Gasteiger partial charge in [0.15, 0.2) is 0 Å². The minimum absolute atomic E-state index is 0.144. The first-order valence-electron chi connectivity index (χ1n) is 8.91. The Balaban J connectivity index is 1.63. The van der Waals surface area contributed by atoms with E-state index in [0.29, 0.717) is 5.92 Å². The molecule has 0 aromatic carbocycles. The number of fused-ring (bicyclic) bond motifs is 1. The first-order chi connectivity index (χ1) is 9.68. The van der Waals surface area contributed by atoms with Crippen LogP contribution in [0.3, 0.4) is 0 Å². The van der Waals surface area contributed by atoms with E-state index >= 15 is 0 Å². The Morgan fingerprint density at radius 3 is 2.40 bits per heavy atom. The van der Waals surface area contributed by atoms with Crippen molar-refractivity contribution < 1.29 is 9.53 Å². The molecule has 3 aliphatic rings. The Hall–Kier alpha value is -0.530. The van der Waals surface area contributed by atoms with Gasteiger partial charge >= 0.3 is 5.97 Å². The highest BCUT2D eigenvalue weighted by Crippen LogP contribution is 2.45. The molecule has 3 atom stereocenters. The molecule has 3 rings (SSSR count). The zero-order valence-electron chi connectivity index (χ0n) is 13.0. The fraction of sp³-hybridized carbons (Fsp3) is 0.944. The maximum atomic E-state index is 12.7. The Labute approximate surface area is 123 Å². The largest absolute Gasteiger partial charge is 0.459 e. The maximum Gasteiger partial charge on any atom is 0.309 e. The van der Waals surface area contributed by atoms with Gasteiger partial charge in [-0.1, -0.05) is 38.5 Å². The zero-order valence-corrected chi connectivity index (χ0v) is 13.0. The molecule has 0 aliphatic heterocycles. The van der Waals surface area contributed by atoms with Gasteiger partial charge in [0.1, 0.15) is 5.60 Å². The van der Waals surface area contributed by atoms with E-state index in [9.17, 15) is 4.79 Å². The third kappa shape index (κ3) is 3.04. The molecule has 3 saturated carbocycles. The SMILES string of the molecule is CC1(OC(=O)C2CCCC3CCCCC32)CCCCC1. The van der Waals surface area contributed by atoms with E-state index in [4.69, 9.17) is 4.74 Å². The van der Waals surface area contributed by atoms with Crippen molar-refractivity contribution in [2.75, 3.05) is 0 Å². The molecule has 0 saturated heterocycles. The summed E-state index contributed by atoms with van der Waals surface area (Å²) in [7, 11) is 0. The average molecular weight is 278 g/mol. The van der Waals surface area contributed by atoms with Crippen LogP contribution >= 0.6 is 0 Å². The van der Waals surface area contributed by atoms with Gasteiger partial charge in [0, 0.05) is 0 Å². The molecule has 0 bridgehead atoms. The molecule has 0 spiro atoms. The second-order valence-electron chi connectivity index (χ2n) is 7.68. The summed E-state index contributed by atoms with van der Waals surface area (Å²) in [4.78, 5) is 12.7. The summed E-state index contributed by atoms with van der Waals surface area (Å²) in [5.41, 5.74) is -0.156. The van der Waals surface area contributed by atoms with Crippen molar-refractivity contribution in [3.05, 3.63) is 0 Å². The number of hydrogen-bond acceptors (Lipinski definition) is 2. The van der Waals surface area contributed by atoms with Crippen molar-refractivity contribution in [2.24, 2.45) is 17.8 Å². The van der Waals surface area contributed by atoms with Crippen molar-refractivity contribution >= 4 is 5.97 Å². The Kier molecular flexibility index (Phi) is 4.37. The summed E-state index contributed by atoms with van der Waals surface area (Å²) in [6, 6.07) is 0. The Morgan fingerprint density at radius 2 is 1.60 bits per heavy atom. The van der Waals surface area contributed by atoms with Gasteiger partial charge < -0.3 is 4.74 Å². The van der Waals surface area contributed by atoms with E-state index < -0.39 is 0 Å². The second kappa shape index (κ2) is 6.07. The molecule has 20 heavy (non-hydrogen) atoms. The van der Waals surface area contributed by atoms with E-state index in [1.807, 2.05) is 0 Å². The van der Waals surface area contributed by atoms with Crippen molar-refractivity contribution in [1.82, 2.24) is 0 Å². The molecule has 0 aromatic heterocycles. The molecule has 0 amide bonds. The normalized spacial score (nSPS) is 37.0. The molecule has 114 valence electrons. The molecule has 0 N–H and O–H groups in total. The summed E-state index contributed by atoms with van der Waals surface area (Å²) in [5.74, 6) is 1.81. The Morgan fingerprint density at radius 1 is 0.900 bits per heavy atom.